The van der Waals surface area contributed by atoms with Gasteiger partial charge in [0.2, 0.25) is 0 Å². The Labute approximate surface area is 172 Å². The number of nitrogens with one attached hydrogen (secondary N) is 1. The van der Waals surface area contributed by atoms with Crippen LogP contribution in [-0.2, 0) is 16.0 Å². The molecule has 144 valence electrons. The van der Waals surface area contributed by atoms with Gasteiger partial charge in [0, 0.05) is 42.3 Å². The molecule has 3 aliphatic rings. The monoisotopic (exact) mass is 392 g/mol. The lowest BCUT2D eigenvalue weighted by Crippen LogP contribution is -2.25. The zero-order valence-electron chi connectivity index (χ0n) is 15.9. The summed E-state index contributed by atoms with van der Waals surface area (Å²) in [6.07, 6.45) is 8.02. The van der Waals surface area contributed by atoms with Gasteiger partial charge in [0.25, 0.3) is 11.8 Å². The van der Waals surface area contributed by atoms with Gasteiger partial charge in [-0.2, -0.15) is 0 Å². The van der Waals surface area contributed by atoms with Crippen LogP contribution in [0.5, 0.6) is 0 Å². The lowest BCUT2D eigenvalue weighted by molar-refractivity contribution is -0.123. The van der Waals surface area contributed by atoms with Crippen LogP contribution in [0.15, 0.2) is 77.8 Å². The lowest BCUT2D eigenvalue weighted by Gasteiger charge is -2.17. The van der Waals surface area contributed by atoms with E-state index in [9.17, 15) is 9.59 Å². The molecule has 30 heavy (non-hydrogen) atoms. The van der Waals surface area contributed by atoms with Gasteiger partial charge < -0.3 is 4.90 Å². The van der Waals surface area contributed by atoms with Crippen molar-refractivity contribution in [3.05, 3.63) is 89.5 Å². The molecule has 1 N–H and O–H groups in total. The van der Waals surface area contributed by atoms with E-state index >= 15 is 0 Å². The molecule has 0 atom stereocenters. The number of pyridine rings is 1. The van der Waals surface area contributed by atoms with Crippen molar-refractivity contribution in [1.82, 2.24) is 10.3 Å². The number of hydrogen-bond acceptors (Lipinski definition) is 5. The number of nitrogens with zero attached hydrogens (tertiary/aromatic N) is 3. The van der Waals surface area contributed by atoms with Gasteiger partial charge in [-0.3, -0.25) is 24.9 Å². The zero-order chi connectivity index (χ0) is 20.2. The molecule has 1 aromatic heterocycles. The van der Waals surface area contributed by atoms with Crippen molar-refractivity contribution in [2.45, 2.75) is 6.42 Å². The number of amides is 2. The summed E-state index contributed by atoms with van der Waals surface area (Å²) in [4.78, 5) is 36.9. The van der Waals surface area contributed by atoms with E-state index < -0.39 is 11.8 Å². The SMILES string of the molecule is O=C1NC(=O)C(c2cccc3cnccc23)=C1C1=NC=CN2CCc3cccc1c32. The number of carbonyl (C=O) groups excluding carboxylic acids is 2. The largest absolute Gasteiger partial charge is 0.345 e. The first-order chi connectivity index (χ1) is 14.7. The Morgan fingerprint density at radius 1 is 0.933 bits per heavy atom. The van der Waals surface area contributed by atoms with Gasteiger partial charge in [0.05, 0.1) is 22.5 Å². The molecule has 0 aliphatic carbocycles. The molecule has 0 radical (unpaired) electrons. The van der Waals surface area contributed by atoms with E-state index in [1.807, 2.05) is 42.6 Å². The highest BCUT2D eigenvalue weighted by atomic mass is 16.2. The highest BCUT2D eigenvalue weighted by Gasteiger charge is 2.37. The van der Waals surface area contributed by atoms with Crippen LogP contribution >= 0.6 is 0 Å². The molecule has 6 rings (SSSR count). The van der Waals surface area contributed by atoms with Crippen LogP contribution in [0, 0.1) is 0 Å². The minimum Gasteiger partial charge on any atom is -0.345 e. The van der Waals surface area contributed by atoms with Crippen molar-refractivity contribution in [3.63, 3.8) is 0 Å². The molecule has 3 aromatic rings. The van der Waals surface area contributed by atoms with E-state index in [0.29, 0.717) is 22.4 Å². The molecule has 2 aromatic carbocycles. The van der Waals surface area contributed by atoms with Crippen LogP contribution in [0.3, 0.4) is 0 Å². The Morgan fingerprint density at radius 2 is 1.77 bits per heavy atom. The highest BCUT2D eigenvalue weighted by Crippen LogP contribution is 2.38. The van der Waals surface area contributed by atoms with Gasteiger partial charge in [0.1, 0.15) is 0 Å². The van der Waals surface area contributed by atoms with Crippen molar-refractivity contribution in [2.75, 3.05) is 11.4 Å². The molecule has 6 heteroatoms. The fraction of sp³-hybridized carbons (Fsp3) is 0.0833. The minimum atomic E-state index is -0.419. The fourth-order valence-corrected chi connectivity index (χ4v) is 4.56. The second kappa shape index (κ2) is 6.22. The Hall–Kier alpha value is -4.06. The number of aliphatic imine (C=N–C) groups is 1. The minimum absolute atomic E-state index is 0.316. The van der Waals surface area contributed by atoms with Gasteiger partial charge >= 0.3 is 0 Å². The van der Waals surface area contributed by atoms with Gasteiger partial charge in [-0.15, -0.1) is 0 Å². The molecule has 0 unspecified atom stereocenters. The maximum atomic E-state index is 13.0. The number of aromatic nitrogens is 1. The second-order valence-electron chi connectivity index (χ2n) is 7.47. The van der Waals surface area contributed by atoms with Crippen LogP contribution < -0.4 is 10.2 Å². The lowest BCUT2D eigenvalue weighted by atomic mass is 9.91. The van der Waals surface area contributed by atoms with Gasteiger partial charge in [-0.05, 0) is 29.0 Å². The standard InChI is InChI=1S/C24H16N4O2/c29-23-19(17-5-2-4-15-13-25-9-7-16(15)17)20(24(30)27-23)21-18-6-1-3-14-8-11-28(22(14)18)12-10-26-21/h1-7,9-10,12-13H,8,11H2,(H,27,29,30). The number of para-hydroxylation sites is 1. The molecule has 0 fully saturated rings. The smallest absolute Gasteiger partial charge is 0.261 e. The Kier molecular flexibility index (Phi) is 3.49. The fourth-order valence-electron chi connectivity index (χ4n) is 4.56. The Bertz CT molecular complexity index is 1360. The molecule has 0 saturated carbocycles. The maximum absolute atomic E-state index is 13.0. The molecule has 6 nitrogen and oxygen atoms in total. The maximum Gasteiger partial charge on any atom is 0.261 e. The summed E-state index contributed by atoms with van der Waals surface area (Å²) in [5, 5.41) is 4.26. The summed E-state index contributed by atoms with van der Waals surface area (Å²) >= 11 is 0. The quantitative estimate of drug-likeness (QED) is 0.681. The van der Waals surface area contributed by atoms with Crippen LogP contribution in [0.2, 0.25) is 0 Å². The summed E-state index contributed by atoms with van der Waals surface area (Å²) in [5.41, 5.74) is 5.05. The predicted octanol–water partition coefficient (Wildman–Crippen LogP) is 2.98. The summed E-state index contributed by atoms with van der Waals surface area (Å²) in [5.74, 6) is -0.822. The van der Waals surface area contributed by atoms with Gasteiger partial charge in [-0.1, -0.05) is 36.4 Å². The van der Waals surface area contributed by atoms with E-state index in [-0.39, 0.29) is 0 Å². The van der Waals surface area contributed by atoms with Crippen LogP contribution in [0.4, 0.5) is 5.69 Å². The van der Waals surface area contributed by atoms with Crippen molar-refractivity contribution >= 4 is 39.6 Å². The summed E-state index contributed by atoms with van der Waals surface area (Å²) < 4.78 is 0. The molecule has 4 heterocycles. The number of imide groups is 1. The van der Waals surface area contributed by atoms with E-state index in [0.717, 1.165) is 35.0 Å². The van der Waals surface area contributed by atoms with Gasteiger partial charge in [0.15, 0.2) is 0 Å². The highest BCUT2D eigenvalue weighted by molar-refractivity contribution is 6.48. The average Bonchev–Trinajstić information content (AvgIpc) is 3.24. The van der Waals surface area contributed by atoms with Crippen molar-refractivity contribution in [1.29, 1.82) is 0 Å². The first-order valence-corrected chi connectivity index (χ1v) is 9.79. The summed E-state index contributed by atoms with van der Waals surface area (Å²) in [6.45, 7) is 0.874. The average molecular weight is 392 g/mol. The topological polar surface area (TPSA) is 74.7 Å². The van der Waals surface area contributed by atoms with E-state index in [2.05, 4.69) is 26.3 Å². The van der Waals surface area contributed by atoms with Crippen LogP contribution in [0.1, 0.15) is 16.7 Å². The molecular formula is C24H16N4O2. The third kappa shape index (κ3) is 2.30. The zero-order valence-corrected chi connectivity index (χ0v) is 15.9. The Balaban J connectivity index is 1.66. The Morgan fingerprint density at radius 3 is 2.70 bits per heavy atom. The number of hydrogen-bond donors (Lipinski definition) is 1. The molecule has 2 amide bonds. The van der Waals surface area contributed by atoms with Crippen molar-refractivity contribution in [3.8, 4) is 0 Å². The number of rotatable bonds is 2. The normalized spacial score (nSPS) is 17.3. The van der Waals surface area contributed by atoms with Gasteiger partial charge in [-0.25, -0.2) is 0 Å². The first kappa shape index (κ1) is 16.9. The number of fused-ring (bicyclic) bond motifs is 1. The second-order valence-corrected chi connectivity index (χ2v) is 7.47. The van der Waals surface area contributed by atoms with Crippen molar-refractivity contribution in [2.24, 2.45) is 4.99 Å². The molecular weight excluding hydrogens is 376 g/mol. The summed E-state index contributed by atoms with van der Waals surface area (Å²) in [6, 6.07) is 13.6. The van der Waals surface area contributed by atoms with E-state index in [4.69, 9.17) is 0 Å². The molecule has 0 spiro atoms. The van der Waals surface area contributed by atoms with Crippen LogP contribution in [-0.4, -0.2) is 29.1 Å². The van der Waals surface area contributed by atoms with Crippen molar-refractivity contribution < 1.29 is 9.59 Å². The number of anilines is 1. The van der Waals surface area contributed by atoms with E-state index in [1.54, 1.807) is 18.6 Å². The van der Waals surface area contributed by atoms with Crippen LogP contribution in [0.25, 0.3) is 16.3 Å². The number of benzene rings is 2. The first-order valence-electron chi connectivity index (χ1n) is 9.79. The molecule has 0 saturated heterocycles. The molecule has 3 aliphatic heterocycles. The summed E-state index contributed by atoms with van der Waals surface area (Å²) in [7, 11) is 0. The number of carbonyl (C=O) groups is 2. The predicted molar refractivity (Wildman–Crippen MR) is 115 cm³/mol. The third-order valence-corrected chi connectivity index (χ3v) is 5.85. The third-order valence-electron chi connectivity index (χ3n) is 5.85. The molecule has 0 bridgehead atoms. The van der Waals surface area contributed by atoms with E-state index in [1.165, 1.54) is 5.56 Å².